The quantitative estimate of drug-likeness (QED) is 0.782. The first-order chi connectivity index (χ1) is 13.2. The molecule has 142 valence electrons. The normalized spacial score (nSPS) is 15.1. The van der Waals surface area contributed by atoms with Crippen molar-refractivity contribution in [2.75, 3.05) is 24.2 Å². The predicted molar refractivity (Wildman–Crippen MR) is 110 cm³/mol. The molecule has 1 atom stereocenters. The molecule has 1 unspecified atom stereocenters. The smallest absolute Gasteiger partial charge is 0.258 e. The van der Waals surface area contributed by atoms with Crippen LogP contribution in [0.25, 0.3) is 0 Å². The van der Waals surface area contributed by atoms with E-state index in [0.717, 1.165) is 25.9 Å². The Bertz CT molecular complexity index is 792. The average molecular weight is 385 g/mol. The van der Waals surface area contributed by atoms with E-state index in [2.05, 4.69) is 20.2 Å². The van der Waals surface area contributed by atoms with Crippen molar-refractivity contribution in [2.24, 2.45) is 0 Å². The highest BCUT2D eigenvalue weighted by Crippen LogP contribution is 2.26. The zero-order chi connectivity index (χ0) is 19.1. The Labute approximate surface area is 164 Å². The number of anilines is 1. The van der Waals surface area contributed by atoms with Gasteiger partial charge in [0.15, 0.2) is 0 Å². The van der Waals surface area contributed by atoms with Crippen molar-refractivity contribution in [1.29, 1.82) is 0 Å². The minimum atomic E-state index is -0.257. The molecule has 1 saturated heterocycles. The van der Waals surface area contributed by atoms with E-state index in [-0.39, 0.29) is 17.8 Å². The van der Waals surface area contributed by atoms with Gasteiger partial charge in [0.1, 0.15) is 11.3 Å². The van der Waals surface area contributed by atoms with Crippen LogP contribution in [0.15, 0.2) is 48.0 Å². The average Bonchev–Trinajstić information content (AvgIpc) is 3.22. The molecular weight excluding hydrogens is 360 g/mol. The summed E-state index contributed by atoms with van der Waals surface area (Å²) in [6.45, 7) is 3.77. The lowest BCUT2D eigenvalue weighted by Crippen LogP contribution is -2.32. The first-order valence-electron chi connectivity index (χ1n) is 9.02. The van der Waals surface area contributed by atoms with Crippen LogP contribution in [0.1, 0.15) is 30.1 Å². The van der Waals surface area contributed by atoms with Crippen molar-refractivity contribution in [3.05, 3.63) is 53.6 Å². The van der Waals surface area contributed by atoms with E-state index in [9.17, 15) is 4.79 Å². The van der Waals surface area contributed by atoms with Crippen molar-refractivity contribution >= 4 is 23.6 Å². The van der Waals surface area contributed by atoms with Gasteiger partial charge in [-0.05, 0) is 43.6 Å². The number of ether oxygens (including phenoxy) is 1. The van der Waals surface area contributed by atoms with Gasteiger partial charge < -0.3 is 15.0 Å². The lowest BCUT2D eigenvalue weighted by atomic mass is 10.2. The number of thioether (sulfide) groups is 1. The fourth-order valence-corrected chi connectivity index (χ4v) is 3.18. The van der Waals surface area contributed by atoms with Gasteiger partial charge in [-0.3, -0.25) is 4.79 Å². The molecular formula is C20H24N4O2S. The highest BCUT2D eigenvalue weighted by atomic mass is 32.2. The summed E-state index contributed by atoms with van der Waals surface area (Å²) < 4.78 is 5.93. The van der Waals surface area contributed by atoms with Crippen molar-refractivity contribution in [1.82, 2.24) is 15.3 Å². The first kappa shape index (κ1) is 19.2. The number of amides is 1. The van der Waals surface area contributed by atoms with E-state index in [4.69, 9.17) is 4.74 Å². The second-order valence-corrected chi connectivity index (χ2v) is 7.07. The van der Waals surface area contributed by atoms with Crippen molar-refractivity contribution < 1.29 is 9.53 Å². The van der Waals surface area contributed by atoms with Crippen LogP contribution in [0.5, 0.6) is 11.6 Å². The minimum absolute atomic E-state index is 0.104. The molecule has 3 rings (SSSR count). The summed E-state index contributed by atoms with van der Waals surface area (Å²) in [5, 5.41) is 4.88. The van der Waals surface area contributed by atoms with Crippen LogP contribution in [0.4, 0.5) is 5.95 Å². The molecule has 1 aliphatic rings. The third-order valence-electron chi connectivity index (χ3n) is 4.19. The second kappa shape index (κ2) is 9.41. The van der Waals surface area contributed by atoms with Gasteiger partial charge in [0.25, 0.3) is 5.91 Å². The number of carbonyl (C=O) groups excluding carboxylic acids is 1. The van der Waals surface area contributed by atoms with Crippen molar-refractivity contribution in [2.45, 2.75) is 25.8 Å². The Morgan fingerprint density at radius 3 is 2.74 bits per heavy atom. The number of carbonyl (C=O) groups is 1. The summed E-state index contributed by atoms with van der Waals surface area (Å²) in [6, 6.07) is 9.25. The van der Waals surface area contributed by atoms with Crippen LogP contribution < -0.4 is 15.0 Å². The van der Waals surface area contributed by atoms with Crippen LogP contribution in [0.2, 0.25) is 0 Å². The molecule has 1 aliphatic heterocycles. The zero-order valence-corrected chi connectivity index (χ0v) is 16.4. The Morgan fingerprint density at radius 1 is 1.30 bits per heavy atom. The largest absolute Gasteiger partial charge is 0.438 e. The maximum Gasteiger partial charge on any atom is 0.258 e. The van der Waals surface area contributed by atoms with E-state index >= 15 is 0 Å². The van der Waals surface area contributed by atoms with E-state index in [1.165, 1.54) is 0 Å². The zero-order valence-electron chi connectivity index (χ0n) is 15.6. The molecule has 7 heteroatoms. The molecule has 0 aliphatic carbocycles. The molecule has 1 aromatic carbocycles. The number of nitrogens with zero attached hydrogens (tertiary/aromatic N) is 3. The first-order valence-corrected chi connectivity index (χ1v) is 10.3. The third-order valence-corrected chi connectivity index (χ3v) is 4.62. The lowest BCUT2D eigenvalue weighted by Gasteiger charge is -2.18. The van der Waals surface area contributed by atoms with Crippen LogP contribution >= 0.6 is 11.8 Å². The van der Waals surface area contributed by atoms with Crippen molar-refractivity contribution in [3.63, 3.8) is 0 Å². The number of hydrogen-bond acceptors (Lipinski definition) is 6. The third kappa shape index (κ3) is 5.23. The maximum absolute atomic E-state index is 12.7. The van der Waals surface area contributed by atoms with E-state index in [0.29, 0.717) is 17.3 Å². The molecule has 0 saturated carbocycles. The summed E-state index contributed by atoms with van der Waals surface area (Å²) in [5.74, 6) is 1.25. The molecule has 2 aromatic rings. The lowest BCUT2D eigenvalue weighted by molar-refractivity contribution is 0.0943. The molecule has 1 amide bonds. The van der Waals surface area contributed by atoms with Gasteiger partial charge in [0, 0.05) is 25.3 Å². The SMILES string of the molecule is CS/C=C/C(C)NC(=O)c1cnc(N2CCCC2)nc1Oc1ccccc1. The van der Waals surface area contributed by atoms with Gasteiger partial charge in [-0.2, -0.15) is 4.98 Å². The highest BCUT2D eigenvalue weighted by molar-refractivity contribution is 8.01. The number of benzene rings is 1. The molecule has 27 heavy (non-hydrogen) atoms. The summed E-state index contributed by atoms with van der Waals surface area (Å²) in [7, 11) is 0. The number of rotatable bonds is 7. The van der Waals surface area contributed by atoms with E-state index in [1.807, 2.05) is 55.0 Å². The number of hydrogen-bond donors (Lipinski definition) is 1. The summed E-state index contributed by atoms with van der Waals surface area (Å²) >= 11 is 1.59. The molecule has 0 radical (unpaired) electrons. The molecule has 0 spiro atoms. The van der Waals surface area contributed by atoms with Gasteiger partial charge in [0.05, 0.1) is 0 Å². The Balaban J connectivity index is 1.86. The van der Waals surface area contributed by atoms with Gasteiger partial charge in [0.2, 0.25) is 11.8 Å². The number of nitrogens with one attached hydrogen (secondary N) is 1. The van der Waals surface area contributed by atoms with Crippen LogP contribution in [0.3, 0.4) is 0 Å². The molecule has 1 fully saturated rings. The maximum atomic E-state index is 12.7. The second-order valence-electron chi connectivity index (χ2n) is 6.32. The molecule has 1 aromatic heterocycles. The number of para-hydroxylation sites is 1. The van der Waals surface area contributed by atoms with Gasteiger partial charge in [-0.1, -0.05) is 24.3 Å². The van der Waals surface area contributed by atoms with Gasteiger partial charge in [-0.15, -0.1) is 11.8 Å². The fourth-order valence-electron chi connectivity index (χ4n) is 2.79. The van der Waals surface area contributed by atoms with Crippen LogP contribution in [0, 0.1) is 0 Å². The summed E-state index contributed by atoms with van der Waals surface area (Å²) in [5.41, 5.74) is 0.325. The van der Waals surface area contributed by atoms with E-state index < -0.39 is 0 Å². The monoisotopic (exact) mass is 384 g/mol. The van der Waals surface area contributed by atoms with Gasteiger partial charge >= 0.3 is 0 Å². The Hall–Kier alpha value is -2.54. The standard InChI is InChI=1S/C20H24N4O2S/c1-15(10-13-27-2)22-18(25)17-14-21-20(24-11-6-7-12-24)23-19(17)26-16-8-4-3-5-9-16/h3-5,8-10,13-15H,6-7,11-12H2,1-2H3,(H,22,25)/b13-10+. The number of aromatic nitrogens is 2. The minimum Gasteiger partial charge on any atom is -0.438 e. The molecule has 6 nitrogen and oxygen atoms in total. The molecule has 2 heterocycles. The van der Waals surface area contributed by atoms with Crippen molar-refractivity contribution in [3.8, 4) is 11.6 Å². The topological polar surface area (TPSA) is 67.4 Å². The Kier molecular flexibility index (Phi) is 6.70. The van der Waals surface area contributed by atoms with Gasteiger partial charge in [-0.25, -0.2) is 4.98 Å². The predicted octanol–water partition coefficient (Wildman–Crippen LogP) is 3.86. The van der Waals surface area contributed by atoms with Crippen LogP contribution in [-0.4, -0.2) is 41.3 Å². The summed E-state index contributed by atoms with van der Waals surface area (Å²) in [4.78, 5) is 23.8. The van der Waals surface area contributed by atoms with Crippen LogP contribution in [-0.2, 0) is 0 Å². The summed E-state index contributed by atoms with van der Waals surface area (Å²) in [6.07, 6.45) is 7.71. The highest BCUT2D eigenvalue weighted by Gasteiger charge is 2.21. The van der Waals surface area contributed by atoms with E-state index in [1.54, 1.807) is 18.0 Å². The molecule has 1 N–H and O–H groups in total. The molecule has 0 bridgehead atoms. The fraction of sp³-hybridized carbons (Fsp3) is 0.350. The Morgan fingerprint density at radius 2 is 2.04 bits per heavy atom.